The Morgan fingerprint density at radius 3 is 2.75 bits per heavy atom. The Bertz CT molecular complexity index is 629. The summed E-state index contributed by atoms with van der Waals surface area (Å²) in [5.74, 6) is -0.389. The topological polar surface area (TPSA) is 54.4 Å². The van der Waals surface area contributed by atoms with Gasteiger partial charge in [-0.3, -0.25) is 4.79 Å². The van der Waals surface area contributed by atoms with Crippen molar-refractivity contribution in [3.05, 3.63) is 58.9 Å². The molecule has 0 saturated carbocycles. The second-order valence-corrected chi connectivity index (χ2v) is 5.05. The van der Waals surface area contributed by atoms with Crippen LogP contribution in [0.2, 0.25) is 5.15 Å². The Morgan fingerprint density at radius 2 is 2.10 bits per heavy atom. The first-order valence-corrected chi connectivity index (χ1v) is 7.39. The molecule has 0 fully saturated rings. The number of halogens is 1. The predicted molar refractivity (Wildman–Crippen MR) is 82.5 cm³/mol. The quantitative estimate of drug-likeness (QED) is 0.408. The van der Waals surface area contributed by atoms with Crippen molar-refractivity contribution in [1.29, 1.82) is 0 Å². The number of nitrogens with one attached hydrogen (secondary N) is 1. The molecule has 0 aliphatic rings. The number of hydrazone groups is 1. The van der Waals surface area contributed by atoms with Gasteiger partial charge in [0.25, 0.3) is 5.91 Å². The van der Waals surface area contributed by atoms with Gasteiger partial charge >= 0.3 is 0 Å². The largest absolute Gasteiger partial charge is 0.274 e. The molecule has 0 aliphatic carbocycles. The summed E-state index contributed by atoms with van der Waals surface area (Å²) >= 11 is 7.49. The number of benzene rings is 1. The van der Waals surface area contributed by atoms with Crippen LogP contribution in [0.4, 0.5) is 0 Å². The molecule has 0 unspecified atom stereocenters. The lowest BCUT2D eigenvalue weighted by molar-refractivity contribution is 0.0955. The molecule has 1 heterocycles. The van der Waals surface area contributed by atoms with Crippen molar-refractivity contribution >= 4 is 35.5 Å². The standard InChI is InChI=1S/C14H12ClN3OS/c1-20-11-6-4-10(5-7-11)9-17-18-14(19)12-3-2-8-16-13(12)15/h2-9H,1H3,(H,18,19). The highest BCUT2D eigenvalue weighted by molar-refractivity contribution is 7.98. The minimum absolute atomic E-state index is 0.157. The second-order valence-electron chi connectivity index (χ2n) is 3.81. The van der Waals surface area contributed by atoms with Crippen molar-refractivity contribution in [1.82, 2.24) is 10.4 Å². The first-order valence-electron chi connectivity index (χ1n) is 5.78. The van der Waals surface area contributed by atoms with Crippen LogP contribution < -0.4 is 5.43 Å². The van der Waals surface area contributed by atoms with Gasteiger partial charge in [0.15, 0.2) is 0 Å². The lowest BCUT2D eigenvalue weighted by atomic mass is 10.2. The fraction of sp³-hybridized carbons (Fsp3) is 0.0714. The first kappa shape index (κ1) is 14.6. The van der Waals surface area contributed by atoms with Gasteiger partial charge in [-0.15, -0.1) is 11.8 Å². The predicted octanol–water partition coefficient (Wildman–Crippen LogP) is 3.22. The van der Waals surface area contributed by atoms with E-state index in [1.807, 2.05) is 30.5 Å². The van der Waals surface area contributed by atoms with E-state index in [9.17, 15) is 4.79 Å². The van der Waals surface area contributed by atoms with Gasteiger partial charge < -0.3 is 0 Å². The van der Waals surface area contributed by atoms with Gasteiger partial charge in [0, 0.05) is 11.1 Å². The fourth-order valence-corrected chi connectivity index (χ4v) is 2.08. The molecule has 2 rings (SSSR count). The number of aromatic nitrogens is 1. The Morgan fingerprint density at radius 1 is 1.35 bits per heavy atom. The summed E-state index contributed by atoms with van der Waals surface area (Å²) in [5, 5.41) is 4.05. The summed E-state index contributed by atoms with van der Waals surface area (Å²) in [6.45, 7) is 0. The number of rotatable bonds is 4. The van der Waals surface area contributed by atoms with Crippen LogP contribution in [-0.2, 0) is 0 Å². The zero-order valence-corrected chi connectivity index (χ0v) is 12.3. The minimum atomic E-state index is -0.389. The molecule has 1 amide bonds. The highest BCUT2D eigenvalue weighted by atomic mass is 35.5. The summed E-state index contributed by atoms with van der Waals surface area (Å²) < 4.78 is 0. The summed E-state index contributed by atoms with van der Waals surface area (Å²) in [4.78, 5) is 16.8. The number of hydrogen-bond donors (Lipinski definition) is 1. The summed E-state index contributed by atoms with van der Waals surface area (Å²) in [5.41, 5.74) is 3.62. The van der Waals surface area contributed by atoms with Gasteiger partial charge in [-0.1, -0.05) is 23.7 Å². The third-order valence-electron chi connectivity index (χ3n) is 2.50. The molecule has 0 radical (unpaired) electrons. The zero-order valence-electron chi connectivity index (χ0n) is 10.7. The van der Waals surface area contributed by atoms with Gasteiger partial charge in [0.1, 0.15) is 5.15 Å². The Balaban J connectivity index is 1.99. The lowest BCUT2D eigenvalue weighted by Crippen LogP contribution is -2.18. The molecular formula is C14H12ClN3OS. The summed E-state index contributed by atoms with van der Waals surface area (Å²) in [6.07, 6.45) is 5.11. The van der Waals surface area contributed by atoms with Crippen molar-refractivity contribution in [3.8, 4) is 0 Å². The van der Waals surface area contributed by atoms with Crippen molar-refractivity contribution in [2.45, 2.75) is 4.90 Å². The van der Waals surface area contributed by atoms with E-state index in [1.165, 1.54) is 11.1 Å². The molecule has 2 aromatic rings. The van der Waals surface area contributed by atoms with Crippen LogP contribution in [0.3, 0.4) is 0 Å². The molecule has 102 valence electrons. The third kappa shape index (κ3) is 3.82. The molecule has 1 aromatic carbocycles. The van der Waals surface area contributed by atoms with Crippen LogP contribution in [0.5, 0.6) is 0 Å². The van der Waals surface area contributed by atoms with Crippen LogP contribution in [0, 0.1) is 0 Å². The van der Waals surface area contributed by atoms with Gasteiger partial charge in [-0.25, -0.2) is 10.4 Å². The van der Waals surface area contributed by atoms with Crippen molar-refractivity contribution < 1.29 is 4.79 Å². The van der Waals surface area contributed by atoms with E-state index in [0.717, 1.165) is 5.56 Å². The van der Waals surface area contributed by atoms with E-state index in [0.29, 0.717) is 5.56 Å². The Kier molecular flexibility index (Phi) is 5.15. The molecular weight excluding hydrogens is 294 g/mol. The summed E-state index contributed by atoms with van der Waals surface area (Å²) in [6, 6.07) is 11.1. The fourth-order valence-electron chi connectivity index (χ4n) is 1.47. The highest BCUT2D eigenvalue weighted by Gasteiger charge is 2.08. The number of hydrogen-bond acceptors (Lipinski definition) is 4. The minimum Gasteiger partial charge on any atom is -0.267 e. The number of thioether (sulfide) groups is 1. The van der Waals surface area contributed by atoms with E-state index in [2.05, 4.69) is 15.5 Å². The number of carbonyl (C=O) groups excluding carboxylic acids is 1. The number of amides is 1. The average Bonchev–Trinajstić information content (AvgIpc) is 2.48. The maximum atomic E-state index is 11.8. The molecule has 1 N–H and O–H groups in total. The molecule has 6 heteroatoms. The average molecular weight is 306 g/mol. The first-order chi connectivity index (χ1) is 9.70. The smallest absolute Gasteiger partial charge is 0.267 e. The number of nitrogens with zero attached hydrogens (tertiary/aromatic N) is 2. The highest BCUT2D eigenvalue weighted by Crippen LogP contribution is 2.14. The molecule has 20 heavy (non-hydrogen) atoms. The molecule has 0 aliphatic heterocycles. The maximum Gasteiger partial charge on any atom is 0.274 e. The monoisotopic (exact) mass is 305 g/mol. The maximum absolute atomic E-state index is 11.8. The second kappa shape index (κ2) is 7.07. The number of carbonyl (C=O) groups is 1. The molecule has 0 bridgehead atoms. The van der Waals surface area contributed by atoms with Crippen LogP contribution in [0.15, 0.2) is 52.6 Å². The van der Waals surface area contributed by atoms with E-state index < -0.39 is 0 Å². The van der Waals surface area contributed by atoms with Crippen LogP contribution in [-0.4, -0.2) is 23.4 Å². The van der Waals surface area contributed by atoms with Gasteiger partial charge in [0.05, 0.1) is 11.8 Å². The Hall–Kier alpha value is -1.85. The SMILES string of the molecule is CSc1ccc(C=NNC(=O)c2cccnc2Cl)cc1. The Labute approximate surface area is 126 Å². The molecule has 4 nitrogen and oxygen atoms in total. The van der Waals surface area contributed by atoms with E-state index in [1.54, 1.807) is 30.1 Å². The van der Waals surface area contributed by atoms with Gasteiger partial charge in [-0.05, 0) is 36.1 Å². The third-order valence-corrected chi connectivity index (χ3v) is 3.54. The van der Waals surface area contributed by atoms with Crippen LogP contribution in [0.1, 0.15) is 15.9 Å². The number of pyridine rings is 1. The zero-order chi connectivity index (χ0) is 14.4. The lowest BCUT2D eigenvalue weighted by Gasteiger charge is -2.01. The molecule has 0 atom stereocenters. The summed E-state index contributed by atoms with van der Waals surface area (Å²) in [7, 11) is 0. The normalized spacial score (nSPS) is 10.7. The van der Waals surface area contributed by atoms with E-state index in [4.69, 9.17) is 11.6 Å². The van der Waals surface area contributed by atoms with Crippen molar-refractivity contribution in [2.75, 3.05) is 6.26 Å². The van der Waals surface area contributed by atoms with Gasteiger partial charge in [-0.2, -0.15) is 5.10 Å². The van der Waals surface area contributed by atoms with Crippen molar-refractivity contribution in [3.63, 3.8) is 0 Å². The molecule has 0 spiro atoms. The van der Waals surface area contributed by atoms with E-state index in [-0.39, 0.29) is 11.1 Å². The van der Waals surface area contributed by atoms with Crippen LogP contribution in [0.25, 0.3) is 0 Å². The molecule has 1 aromatic heterocycles. The van der Waals surface area contributed by atoms with Crippen LogP contribution >= 0.6 is 23.4 Å². The molecule has 0 saturated heterocycles. The van der Waals surface area contributed by atoms with E-state index >= 15 is 0 Å². The van der Waals surface area contributed by atoms with Gasteiger partial charge in [0.2, 0.25) is 0 Å². The van der Waals surface area contributed by atoms with Crippen molar-refractivity contribution in [2.24, 2.45) is 5.10 Å².